The van der Waals surface area contributed by atoms with Crippen LogP contribution >= 0.6 is 34.4 Å². The lowest BCUT2D eigenvalue weighted by Crippen LogP contribution is -2.32. The lowest BCUT2D eigenvalue weighted by Gasteiger charge is -2.29. The minimum Gasteiger partial charge on any atom is -0.325 e. The summed E-state index contributed by atoms with van der Waals surface area (Å²) in [6.07, 6.45) is 0. The Bertz CT molecular complexity index is 1660. The zero-order valence-electron chi connectivity index (χ0n) is 19.9. The van der Waals surface area contributed by atoms with Gasteiger partial charge in [-0.1, -0.05) is 47.4 Å². The Morgan fingerprint density at radius 2 is 1.72 bits per heavy atom. The number of rotatable bonds is 6. The number of nitrogens with one attached hydrogen (secondary N) is 1. The van der Waals surface area contributed by atoms with Gasteiger partial charge in [0.15, 0.2) is 0 Å². The largest absolute Gasteiger partial charge is 0.325 e. The average Bonchev–Trinajstić information content (AvgIpc) is 3.62. The number of nitrogens with zero attached hydrogens (tertiary/aromatic N) is 3. The molecule has 10 nitrogen and oxygen atoms in total. The summed E-state index contributed by atoms with van der Waals surface area (Å²) in [5, 5.41) is 15.4. The van der Waals surface area contributed by atoms with E-state index in [1.165, 1.54) is 40.2 Å². The summed E-state index contributed by atoms with van der Waals surface area (Å²) in [6.45, 7) is -0.241. The zero-order chi connectivity index (χ0) is 27.3. The molecule has 2 aliphatic heterocycles. The summed E-state index contributed by atoms with van der Waals surface area (Å²) < 4.78 is 1.37. The van der Waals surface area contributed by atoms with Crippen molar-refractivity contribution < 1.29 is 19.3 Å². The highest BCUT2D eigenvalue weighted by molar-refractivity contribution is 8.00. The Morgan fingerprint density at radius 1 is 0.974 bits per heavy atom. The van der Waals surface area contributed by atoms with Crippen LogP contribution in [-0.2, 0) is 20.9 Å². The second-order valence-electron chi connectivity index (χ2n) is 8.88. The third kappa shape index (κ3) is 4.37. The minimum atomic E-state index is -0.829. The number of imide groups is 1. The number of hydrogen-bond acceptors (Lipinski definition) is 9. The van der Waals surface area contributed by atoms with Gasteiger partial charge in [0.1, 0.15) is 11.8 Å². The lowest BCUT2D eigenvalue weighted by molar-refractivity contribution is -0.384. The first-order chi connectivity index (χ1) is 18.8. The van der Waals surface area contributed by atoms with E-state index < -0.39 is 33.8 Å². The molecule has 2 aromatic carbocycles. The molecule has 3 amide bonds. The van der Waals surface area contributed by atoms with Gasteiger partial charge >= 0.3 is 4.87 Å². The summed E-state index contributed by atoms with van der Waals surface area (Å²) in [6, 6.07) is 17.9. The number of aromatic nitrogens is 1. The summed E-state index contributed by atoms with van der Waals surface area (Å²) in [5.41, 5.74) is 0.693. The second-order valence-corrected chi connectivity index (χ2v) is 12.0. The van der Waals surface area contributed by atoms with E-state index in [4.69, 9.17) is 0 Å². The molecule has 39 heavy (non-hydrogen) atoms. The maximum atomic E-state index is 13.8. The third-order valence-corrected chi connectivity index (χ3v) is 10.1. The number of benzene rings is 2. The number of hydrogen-bond donors (Lipinski definition) is 1. The van der Waals surface area contributed by atoms with E-state index in [2.05, 4.69) is 5.32 Å². The Labute approximate surface area is 233 Å². The molecule has 1 N–H and O–H groups in total. The van der Waals surface area contributed by atoms with Crippen LogP contribution in [0.25, 0.3) is 0 Å². The van der Waals surface area contributed by atoms with Gasteiger partial charge in [-0.15, -0.1) is 11.3 Å². The van der Waals surface area contributed by atoms with Gasteiger partial charge in [-0.05, 0) is 35.7 Å². The first-order valence-corrected chi connectivity index (χ1v) is 14.3. The molecule has 2 aliphatic rings. The molecule has 4 heterocycles. The van der Waals surface area contributed by atoms with E-state index in [9.17, 15) is 29.3 Å². The fraction of sp³-hybridized carbons (Fsp3) is 0.154. The van der Waals surface area contributed by atoms with Crippen molar-refractivity contribution in [2.45, 2.75) is 22.7 Å². The summed E-state index contributed by atoms with van der Waals surface area (Å²) >= 11 is 3.53. The molecule has 196 valence electrons. The zero-order valence-corrected chi connectivity index (χ0v) is 22.3. The van der Waals surface area contributed by atoms with Crippen molar-refractivity contribution in [3.8, 4) is 0 Å². The fourth-order valence-corrected chi connectivity index (χ4v) is 8.59. The number of nitro benzene ring substituents is 1. The highest BCUT2D eigenvalue weighted by Gasteiger charge is 2.57. The van der Waals surface area contributed by atoms with Crippen molar-refractivity contribution >= 4 is 69.2 Å². The van der Waals surface area contributed by atoms with E-state index >= 15 is 0 Å². The van der Waals surface area contributed by atoms with Gasteiger partial charge in [0.25, 0.3) is 5.69 Å². The van der Waals surface area contributed by atoms with Crippen LogP contribution in [0.2, 0.25) is 0 Å². The predicted molar refractivity (Wildman–Crippen MR) is 149 cm³/mol. The molecule has 4 aromatic rings. The molecule has 2 unspecified atom stereocenters. The topological polar surface area (TPSA) is 132 Å². The molecular weight excluding hydrogens is 561 g/mol. The molecule has 0 radical (unpaired) electrons. The number of fused-ring (bicyclic) bond motifs is 2. The van der Waals surface area contributed by atoms with Crippen molar-refractivity contribution in [2.24, 2.45) is 5.92 Å². The Kier molecular flexibility index (Phi) is 6.41. The van der Waals surface area contributed by atoms with E-state index in [1.807, 2.05) is 23.6 Å². The van der Waals surface area contributed by atoms with Crippen LogP contribution in [0, 0.1) is 16.0 Å². The first-order valence-electron chi connectivity index (χ1n) is 11.7. The molecule has 0 saturated carbocycles. The van der Waals surface area contributed by atoms with Crippen LogP contribution in [-0.4, -0.2) is 32.5 Å². The highest BCUT2D eigenvalue weighted by Crippen LogP contribution is 2.54. The van der Waals surface area contributed by atoms with E-state index in [0.29, 0.717) is 15.6 Å². The van der Waals surface area contributed by atoms with Crippen LogP contribution in [0.1, 0.15) is 15.7 Å². The number of anilines is 2. The van der Waals surface area contributed by atoms with E-state index in [1.54, 1.807) is 24.3 Å². The number of thioether (sulfide) groups is 1. The molecular formula is C26H18N4O6S3. The smallest absolute Gasteiger partial charge is 0.308 e. The molecule has 1 saturated heterocycles. The molecule has 13 heteroatoms. The third-order valence-electron chi connectivity index (χ3n) is 6.58. The maximum absolute atomic E-state index is 13.8. The van der Waals surface area contributed by atoms with Crippen molar-refractivity contribution in [3.05, 3.63) is 102 Å². The number of para-hydroxylation sites is 1. The minimum absolute atomic E-state index is 0.152. The van der Waals surface area contributed by atoms with Crippen LogP contribution in [0.3, 0.4) is 0 Å². The standard InChI is InChI=1S/C26H18N4O6S3/c31-18(27-14-5-2-1-3-6-14)13-28-25-22(39-26(28)34)19(17-7-4-12-37-17)20-21(38-25)24(33)29(23(20)32)15-8-10-16(11-9-15)30(35)36/h1-12,19-21H,13H2,(H,27,31)/t19-,20?,21?/m1/s1. The molecule has 6 rings (SSSR count). The number of non-ortho nitro benzene ring substituents is 1. The van der Waals surface area contributed by atoms with E-state index in [0.717, 1.165) is 32.9 Å². The van der Waals surface area contributed by atoms with Crippen LogP contribution in [0.15, 0.2) is 81.9 Å². The summed E-state index contributed by atoms with van der Waals surface area (Å²) in [5.74, 6) is -2.59. The number of carbonyl (C=O) groups is 3. The van der Waals surface area contributed by atoms with Gasteiger partial charge < -0.3 is 5.32 Å². The average molecular weight is 579 g/mol. The first kappa shape index (κ1) is 25.2. The van der Waals surface area contributed by atoms with Crippen molar-refractivity contribution in [1.82, 2.24) is 4.57 Å². The highest BCUT2D eigenvalue weighted by atomic mass is 32.2. The van der Waals surface area contributed by atoms with Crippen molar-refractivity contribution in [3.63, 3.8) is 0 Å². The monoisotopic (exact) mass is 578 g/mol. The van der Waals surface area contributed by atoms with E-state index in [-0.39, 0.29) is 28.7 Å². The summed E-state index contributed by atoms with van der Waals surface area (Å²) in [4.78, 5) is 66.1. The Balaban J connectivity index is 1.38. The molecule has 0 aliphatic carbocycles. The molecule has 3 atom stereocenters. The fourth-order valence-electron chi connectivity index (χ4n) is 4.87. The number of amides is 3. The lowest BCUT2D eigenvalue weighted by atomic mass is 9.87. The number of nitro groups is 1. The maximum Gasteiger partial charge on any atom is 0.308 e. The van der Waals surface area contributed by atoms with Gasteiger partial charge in [-0.3, -0.25) is 33.9 Å². The van der Waals surface area contributed by atoms with Crippen LogP contribution in [0.5, 0.6) is 0 Å². The van der Waals surface area contributed by atoms with Crippen molar-refractivity contribution in [1.29, 1.82) is 0 Å². The van der Waals surface area contributed by atoms with Crippen LogP contribution in [0.4, 0.5) is 17.1 Å². The molecule has 2 aromatic heterocycles. The molecule has 0 bridgehead atoms. The van der Waals surface area contributed by atoms with Gasteiger partial charge in [0, 0.05) is 33.5 Å². The predicted octanol–water partition coefficient (Wildman–Crippen LogP) is 4.31. The number of thiazole rings is 1. The van der Waals surface area contributed by atoms with Crippen LogP contribution < -0.4 is 15.1 Å². The van der Waals surface area contributed by atoms with Gasteiger partial charge in [-0.25, -0.2) is 4.90 Å². The Hall–Kier alpha value is -4.07. The van der Waals surface area contributed by atoms with Gasteiger partial charge in [-0.2, -0.15) is 0 Å². The number of carbonyl (C=O) groups excluding carboxylic acids is 3. The van der Waals surface area contributed by atoms with Gasteiger partial charge in [0.05, 0.1) is 21.6 Å². The molecule has 0 spiro atoms. The quantitative estimate of drug-likeness (QED) is 0.205. The second kappa shape index (κ2) is 9.91. The normalized spacial score (nSPS) is 20.0. The molecule has 1 fully saturated rings. The number of thiophene rings is 1. The van der Waals surface area contributed by atoms with Crippen molar-refractivity contribution in [2.75, 3.05) is 10.2 Å². The summed E-state index contributed by atoms with van der Waals surface area (Å²) in [7, 11) is 0. The Morgan fingerprint density at radius 3 is 2.38 bits per heavy atom. The van der Waals surface area contributed by atoms with Gasteiger partial charge in [0.2, 0.25) is 17.7 Å². The SMILES string of the molecule is O=C(Cn1c2c(sc1=O)[C@H](c1cccs1)C1C(=O)N(c3ccc([N+](=O)[O-])cc3)C(=O)C1S2)Nc1ccccc1.